The molecule has 0 aliphatic heterocycles. The Bertz CT molecular complexity index is 473. The van der Waals surface area contributed by atoms with Crippen molar-refractivity contribution >= 4 is 0 Å². The monoisotopic (exact) mass is 285 g/mol. The highest BCUT2D eigenvalue weighted by atomic mass is 16.5. The second-order valence-electron chi connectivity index (χ2n) is 4.98. The number of hydrogen-bond acceptors (Lipinski definition) is 4. The summed E-state index contributed by atoms with van der Waals surface area (Å²) in [7, 11) is 0. The maximum absolute atomic E-state index is 5.70. The molecule has 0 radical (unpaired) electrons. The van der Waals surface area contributed by atoms with Crippen LogP contribution in [0.4, 0.5) is 0 Å². The Balaban J connectivity index is 1.91. The van der Waals surface area contributed by atoms with Crippen LogP contribution < -0.4 is 10.1 Å². The lowest BCUT2D eigenvalue weighted by atomic mass is 10.1. The standard InChI is InChI=1S/C17H23N3O/c1-3-5-6-14-7-9-16(10-8-14)21-17-13-19-15(12-20-17)11-18-4-2/h7-10,12-13,18H,3-6,11H2,1-2H3. The Morgan fingerprint density at radius 3 is 2.48 bits per heavy atom. The first-order chi connectivity index (χ1) is 10.3. The van der Waals surface area contributed by atoms with Gasteiger partial charge in [-0.1, -0.05) is 32.4 Å². The molecule has 0 saturated carbocycles. The van der Waals surface area contributed by atoms with Crippen molar-refractivity contribution in [1.82, 2.24) is 15.3 Å². The van der Waals surface area contributed by atoms with Gasteiger partial charge in [-0.25, -0.2) is 4.98 Å². The van der Waals surface area contributed by atoms with E-state index < -0.39 is 0 Å². The Hall–Kier alpha value is -1.94. The van der Waals surface area contributed by atoms with Gasteiger partial charge in [0.15, 0.2) is 0 Å². The lowest BCUT2D eigenvalue weighted by Crippen LogP contribution is -2.13. The van der Waals surface area contributed by atoms with Crippen LogP contribution in [-0.2, 0) is 13.0 Å². The van der Waals surface area contributed by atoms with Crippen molar-refractivity contribution < 1.29 is 4.74 Å². The molecular formula is C17H23N3O. The van der Waals surface area contributed by atoms with Gasteiger partial charge in [0.1, 0.15) is 5.75 Å². The first kappa shape index (κ1) is 15.4. The number of aryl methyl sites for hydroxylation is 1. The first-order valence-corrected chi connectivity index (χ1v) is 7.60. The minimum atomic E-state index is 0.525. The van der Waals surface area contributed by atoms with Crippen molar-refractivity contribution in [3.8, 4) is 11.6 Å². The fraction of sp³-hybridized carbons (Fsp3) is 0.412. The summed E-state index contributed by atoms with van der Waals surface area (Å²) in [5, 5.41) is 3.21. The molecule has 0 bridgehead atoms. The van der Waals surface area contributed by atoms with E-state index in [9.17, 15) is 0 Å². The van der Waals surface area contributed by atoms with Crippen LogP contribution >= 0.6 is 0 Å². The molecule has 0 saturated heterocycles. The summed E-state index contributed by atoms with van der Waals surface area (Å²) >= 11 is 0. The summed E-state index contributed by atoms with van der Waals surface area (Å²) < 4.78 is 5.70. The van der Waals surface area contributed by atoms with Crippen molar-refractivity contribution in [2.45, 2.75) is 39.7 Å². The van der Waals surface area contributed by atoms with Crippen LogP contribution in [-0.4, -0.2) is 16.5 Å². The van der Waals surface area contributed by atoms with Gasteiger partial charge in [-0.3, -0.25) is 4.98 Å². The van der Waals surface area contributed by atoms with Gasteiger partial charge in [-0.2, -0.15) is 0 Å². The van der Waals surface area contributed by atoms with Crippen LogP contribution in [0.1, 0.15) is 37.9 Å². The van der Waals surface area contributed by atoms with E-state index in [-0.39, 0.29) is 0 Å². The van der Waals surface area contributed by atoms with Gasteiger partial charge in [-0.15, -0.1) is 0 Å². The van der Waals surface area contributed by atoms with E-state index in [4.69, 9.17) is 4.74 Å². The van der Waals surface area contributed by atoms with E-state index >= 15 is 0 Å². The van der Waals surface area contributed by atoms with Crippen molar-refractivity contribution in [2.75, 3.05) is 6.54 Å². The van der Waals surface area contributed by atoms with Crippen LogP contribution in [0.25, 0.3) is 0 Å². The summed E-state index contributed by atoms with van der Waals surface area (Å²) in [6.45, 7) is 5.92. The lowest BCUT2D eigenvalue weighted by molar-refractivity contribution is 0.458. The third-order valence-corrected chi connectivity index (χ3v) is 3.20. The van der Waals surface area contributed by atoms with Crippen LogP contribution in [0, 0.1) is 0 Å². The molecule has 2 rings (SSSR count). The van der Waals surface area contributed by atoms with Gasteiger partial charge in [0.25, 0.3) is 0 Å². The topological polar surface area (TPSA) is 47.0 Å². The zero-order valence-electron chi connectivity index (χ0n) is 12.8. The molecule has 1 aromatic heterocycles. The summed E-state index contributed by atoms with van der Waals surface area (Å²) in [6.07, 6.45) is 6.97. The van der Waals surface area contributed by atoms with E-state index in [0.717, 1.165) is 31.0 Å². The zero-order valence-corrected chi connectivity index (χ0v) is 12.8. The van der Waals surface area contributed by atoms with Gasteiger partial charge in [-0.05, 0) is 37.1 Å². The third kappa shape index (κ3) is 5.16. The summed E-state index contributed by atoms with van der Waals surface area (Å²) in [5.41, 5.74) is 2.26. The summed E-state index contributed by atoms with van der Waals surface area (Å²) in [6, 6.07) is 8.19. The summed E-state index contributed by atoms with van der Waals surface area (Å²) in [4.78, 5) is 8.59. The van der Waals surface area contributed by atoms with Crippen LogP contribution in [0.2, 0.25) is 0 Å². The smallest absolute Gasteiger partial charge is 0.237 e. The van der Waals surface area contributed by atoms with Crippen LogP contribution in [0.3, 0.4) is 0 Å². The molecule has 1 heterocycles. The average molecular weight is 285 g/mol. The van der Waals surface area contributed by atoms with Gasteiger partial charge in [0, 0.05) is 6.54 Å². The summed E-state index contributed by atoms with van der Waals surface area (Å²) in [5.74, 6) is 1.32. The third-order valence-electron chi connectivity index (χ3n) is 3.20. The molecular weight excluding hydrogens is 262 g/mol. The highest BCUT2D eigenvalue weighted by molar-refractivity contribution is 5.30. The van der Waals surface area contributed by atoms with E-state index in [0.29, 0.717) is 5.88 Å². The predicted molar refractivity (Wildman–Crippen MR) is 84.5 cm³/mol. The Kier molecular flexibility index (Phi) is 6.16. The Morgan fingerprint density at radius 2 is 1.86 bits per heavy atom. The largest absolute Gasteiger partial charge is 0.438 e. The molecule has 0 unspecified atom stereocenters. The second-order valence-corrected chi connectivity index (χ2v) is 4.98. The van der Waals surface area contributed by atoms with E-state index in [2.05, 4.69) is 41.3 Å². The highest BCUT2D eigenvalue weighted by Gasteiger charge is 2.01. The number of nitrogens with zero attached hydrogens (tertiary/aromatic N) is 2. The molecule has 1 N–H and O–H groups in total. The molecule has 0 amide bonds. The number of hydrogen-bond donors (Lipinski definition) is 1. The molecule has 0 fully saturated rings. The maximum Gasteiger partial charge on any atom is 0.237 e. The van der Waals surface area contributed by atoms with Gasteiger partial charge < -0.3 is 10.1 Å². The molecule has 4 heteroatoms. The molecule has 21 heavy (non-hydrogen) atoms. The molecule has 0 atom stereocenters. The van der Waals surface area contributed by atoms with Gasteiger partial charge in [0.05, 0.1) is 18.1 Å². The Labute approximate surface area is 126 Å². The molecule has 0 aliphatic rings. The molecule has 112 valence electrons. The lowest BCUT2D eigenvalue weighted by Gasteiger charge is -2.06. The minimum absolute atomic E-state index is 0.525. The predicted octanol–water partition coefficient (Wildman–Crippen LogP) is 3.72. The molecule has 2 aromatic rings. The van der Waals surface area contributed by atoms with Crippen molar-refractivity contribution in [2.24, 2.45) is 0 Å². The van der Waals surface area contributed by atoms with Crippen LogP contribution in [0.5, 0.6) is 11.6 Å². The highest BCUT2D eigenvalue weighted by Crippen LogP contribution is 2.19. The van der Waals surface area contributed by atoms with E-state index in [1.165, 1.54) is 18.4 Å². The van der Waals surface area contributed by atoms with Gasteiger partial charge in [0.2, 0.25) is 5.88 Å². The number of benzene rings is 1. The molecule has 0 aliphatic carbocycles. The fourth-order valence-electron chi connectivity index (χ4n) is 1.97. The van der Waals surface area contributed by atoms with E-state index in [1.807, 2.05) is 12.1 Å². The van der Waals surface area contributed by atoms with Gasteiger partial charge >= 0.3 is 0 Å². The number of ether oxygens (including phenoxy) is 1. The normalized spacial score (nSPS) is 10.6. The van der Waals surface area contributed by atoms with Crippen molar-refractivity contribution in [3.63, 3.8) is 0 Å². The van der Waals surface area contributed by atoms with Crippen LogP contribution in [0.15, 0.2) is 36.7 Å². The van der Waals surface area contributed by atoms with E-state index in [1.54, 1.807) is 12.4 Å². The van der Waals surface area contributed by atoms with Crippen molar-refractivity contribution in [3.05, 3.63) is 47.9 Å². The number of nitrogens with one attached hydrogen (secondary N) is 1. The minimum Gasteiger partial charge on any atom is -0.438 e. The molecule has 0 spiro atoms. The fourth-order valence-corrected chi connectivity index (χ4v) is 1.97. The Morgan fingerprint density at radius 1 is 1.05 bits per heavy atom. The quantitative estimate of drug-likeness (QED) is 0.803. The first-order valence-electron chi connectivity index (χ1n) is 7.60. The average Bonchev–Trinajstić information content (AvgIpc) is 2.53. The SMILES string of the molecule is CCCCc1ccc(Oc2cnc(CNCC)cn2)cc1. The molecule has 1 aromatic carbocycles. The number of rotatable bonds is 8. The second kappa shape index (κ2) is 8.37. The van der Waals surface area contributed by atoms with Crippen molar-refractivity contribution in [1.29, 1.82) is 0 Å². The number of aromatic nitrogens is 2. The molecule has 4 nitrogen and oxygen atoms in total. The number of unbranched alkanes of at least 4 members (excludes halogenated alkanes) is 1. The maximum atomic E-state index is 5.70. The zero-order chi connectivity index (χ0) is 14.9.